The Labute approximate surface area is 121 Å². The second-order valence-electron chi connectivity index (χ2n) is 4.03. The summed E-state index contributed by atoms with van der Waals surface area (Å²) in [4.78, 5) is 33.9. The smallest absolute Gasteiger partial charge is 0.344 e. The summed E-state index contributed by atoms with van der Waals surface area (Å²) < 4.78 is 9.99. The molecule has 0 aromatic heterocycles. The second-order valence-corrected chi connectivity index (χ2v) is 4.03. The molecule has 21 heavy (non-hydrogen) atoms. The molecule has 3 amide bonds. The molecule has 1 atom stereocenters. The minimum atomic E-state index is -1.12. The number of carbonyl (C=O) groups is 3. The van der Waals surface area contributed by atoms with Crippen molar-refractivity contribution in [1.82, 2.24) is 10.6 Å². The zero-order valence-electron chi connectivity index (χ0n) is 11.7. The molecule has 8 heteroatoms. The van der Waals surface area contributed by atoms with Crippen LogP contribution in [0.2, 0.25) is 0 Å². The minimum Gasteiger partial charge on any atom is -0.480 e. The van der Waals surface area contributed by atoms with Gasteiger partial charge in [-0.25, -0.2) is 9.59 Å². The fourth-order valence-corrected chi connectivity index (χ4v) is 1.31. The topological polar surface area (TPSA) is 120 Å². The van der Waals surface area contributed by atoms with Crippen LogP contribution in [0.25, 0.3) is 0 Å². The van der Waals surface area contributed by atoms with Gasteiger partial charge in [0.05, 0.1) is 5.69 Å². The van der Waals surface area contributed by atoms with Crippen molar-refractivity contribution in [2.24, 2.45) is 0 Å². The molecule has 0 radical (unpaired) electrons. The lowest BCUT2D eigenvalue weighted by Crippen LogP contribution is -2.43. The molecule has 1 aromatic carbocycles. The normalized spacial score (nSPS) is 11.1. The molecule has 8 nitrogen and oxygen atoms in total. The first-order valence-corrected chi connectivity index (χ1v) is 6.13. The van der Waals surface area contributed by atoms with E-state index in [1.807, 2.05) is 5.32 Å². The molecule has 0 saturated carbocycles. The summed E-state index contributed by atoms with van der Waals surface area (Å²) in [6.07, 6.45) is -1.12. The Balaban J connectivity index is 2.41. The number of ether oxygens (including phenoxy) is 2. The highest BCUT2D eigenvalue weighted by Gasteiger charge is 2.19. The Morgan fingerprint density at radius 3 is 2.57 bits per heavy atom. The SMILES string of the molecule is CNC(=O)NC(=O)C(C)OC(=O)COc1ccccc1N. The highest BCUT2D eigenvalue weighted by Crippen LogP contribution is 2.19. The summed E-state index contributed by atoms with van der Waals surface area (Å²) >= 11 is 0. The van der Waals surface area contributed by atoms with E-state index in [-0.39, 0.29) is 0 Å². The van der Waals surface area contributed by atoms with E-state index >= 15 is 0 Å². The molecule has 0 aliphatic carbocycles. The highest BCUT2D eigenvalue weighted by atomic mass is 16.6. The Hall–Kier alpha value is -2.77. The maximum atomic E-state index is 11.5. The lowest BCUT2D eigenvalue weighted by Gasteiger charge is -2.13. The lowest BCUT2D eigenvalue weighted by molar-refractivity contribution is -0.156. The van der Waals surface area contributed by atoms with Crippen LogP contribution in [0.15, 0.2) is 24.3 Å². The third-order valence-corrected chi connectivity index (χ3v) is 2.41. The standard InChI is InChI=1S/C13H17N3O5/c1-8(12(18)16-13(19)15-2)21-11(17)7-20-10-6-4-3-5-9(10)14/h3-6,8H,7,14H2,1-2H3,(H2,15,16,18,19). The van der Waals surface area contributed by atoms with Crippen LogP contribution in [-0.2, 0) is 14.3 Å². The summed E-state index contributed by atoms with van der Waals surface area (Å²) in [6.45, 7) is 0.943. The van der Waals surface area contributed by atoms with Gasteiger partial charge in [0.25, 0.3) is 5.91 Å². The van der Waals surface area contributed by atoms with Crippen molar-refractivity contribution in [2.75, 3.05) is 19.4 Å². The molecule has 114 valence electrons. The third-order valence-electron chi connectivity index (χ3n) is 2.41. The Morgan fingerprint density at radius 2 is 1.95 bits per heavy atom. The summed E-state index contributed by atoms with van der Waals surface area (Å²) in [7, 11) is 1.36. The van der Waals surface area contributed by atoms with Gasteiger partial charge in [-0.1, -0.05) is 12.1 Å². The van der Waals surface area contributed by atoms with Gasteiger partial charge in [0.1, 0.15) is 5.75 Å². The largest absolute Gasteiger partial charge is 0.480 e. The molecule has 0 saturated heterocycles. The highest BCUT2D eigenvalue weighted by molar-refractivity contribution is 5.97. The quantitative estimate of drug-likeness (QED) is 0.521. The molecule has 1 unspecified atom stereocenters. The average molecular weight is 295 g/mol. The summed E-state index contributed by atoms with van der Waals surface area (Å²) in [5.41, 5.74) is 6.03. The Bertz CT molecular complexity index is 532. The number of hydrogen-bond acceptors (Lipinski definition) is 6. The predicted octanol–water partition coefficient (Wildman–Crippen LogP) is 0.0349. The van der Waals surface area contributed by atoms with Crippen LogP contribution in [0, 0.1) is 0 Å². The van der Waals surface area contributed by atoms with E-state index in [1.54, 1.807) is 24.3 Å². The van der Waals surface area contributed by atoms with Crippen molar-refractivity contribution in [3.63, 3.8) is 0 Å². The number of benzene rings is 1. The van der Waals surface area contributed by atoms with Crippen molar-refractivity contribution < 1.29 is 23.9 Å². The number of esters is 1. The van der Waals surface area contributed by atoms with Gasteiger partial charge in [0, 0.05) is 7.05 Å². The Morgan fingerprint density at radius 1 is 1.29 bits per heavy atom. The molecule has 0 fully saturated rings. The molecule has 1 rings (SSSR count). The number of carbonyl (C=O) groups excluding carboxylic acids is 3. The molecule has 4 N–H and O–H groups in total. The van der Waals surface area contributed by atoms with Gasteiger partial charge in [0.15, 0.2) is 12.7 Å². The molecule has 0 aliphatic heterocycles. The van der Waals surface area contributed by atoms with Crippen molar-refractivity contribution in [1.29, 1.82) is 0 Å². The molecule has 0 spiro atoms. The van der Waals surface area contributed by atoms with Crippen LogP contribution >= 0.6 is 0 Å². The number of para-hydroxylation sites is 2. The monoisotopic (exact) mass is 295 g/mol. The summed E-state index contributed by atoms with van der Waals surface area (Å²) in [6, 6.07) is 5.98. The number of anilines is 1. The van der Waals surface area contributed by atoms with E-state index in [0.717, 1.165) is 0 Å². The first-order valence-electron chi connectivity index (χ1n) is 6.13. The number of nitrogens with two attached hydrogens (primary N) is 1. The van der Waals surface area contributed by atoms with Gasteiger partial charge in [0.2, 0.25) is 0 Å². The van der Waals surface area contributed by atoms with E-state index in [4.69, 9.17) is 15.2 Å². The van der Waals surface area contributed by atoms with Crippen LogP contribution in [0.5, 0.6) is 5.75 Å². The number of amides is 3. The molecular weight excluding hydrogens is 278 g/mol. The van der Waals surface area contributed by atoms with Crippen LogP contribution in [0.4, 0.5) is 10.5 Å². The molecule has 1 aromatic rings. The lowest BCUT2D eigenvalue weighted by atomic mass is 10.3. The van der Waals surface area contributed by atoms with Gasteiger partial charge < -0.3 is 20.5 Å². The number of nitrogen functional groups attached to an aromatic ring is 1. The van der Waals surface area contributed by atoms with E-state index < -0.39 is 30.6 Å². The van der Waals surface area contributed by atoms with Crippen LogP contribution in [0.3, 0.4) is 0 Å². The molecular formula is C13H17N3O5. The summed E-state index contributed by atoms with van der Waals surface area (Å²) in [5.74, 6) is -1.14. The Kier molecular flexibility index (Phi) is 5.99. The van der Waals surface area contributed by atoms with Crippen LogP contribution < -0.4 is 21.1 Å². The zero-order chi connectivity index (χ0) is 15.8. The minimum absolute atomic E-state index is 0.344. The van der Waals surface area contributed by atoms with Crippen LogP contribution in [-0.4, -0.2) is 37.7 Å². The van der Waals surface area contributed by atoms with E-state index in [1.165, 1.54) is 14.0 Å². The van der Waals surface area contributed by atoms with Crippen LogP contribution in [0.1, 0.15) is 6.92 Å². The first kappa shape index (κ1) is 16.3. The van der Waals surface area contributed by atoms with Gasteiger partial charge in [-0.15, -0.1) is 0 Å². The number of imide groups is 1. The van der Waals surface area contributed by atoms with Crippen molar-refractivity contribution in [3.05, 3.63) is 24.3 Å². The van der Waals surface area contributed by atoms with E-state index in [0.29, 0.717) is 11.4 Å². The average Bonchev–Trinajstić information content (AvgIpc) is 2.46. The van der Waals surface area contributed by atoms with Gasteiger partial charge in [-0.2, -0.15) is 0 Å². The third kappa shape index (κ3) is 5.39. The van der Waals surface area contributed by atoms with Gasteiger partial charge in [-0.3, -0.25) is 10.1 Å². The van der Waals surface area contributed by atoms with Crippen molar-refractivity contribution >= 4 is 23.6 Å². The van der Waals surface area contributed by atoms with Crippen molar-refractivity contribution in [2.45, 2.75) is 13.0 Å². The molecule has 0 aliphatic rings. The zero-order valence-corrected chi connectivity index (χ0v) is 11.7. The predicted molar refractivity (Wildman–Crippen MR) is 74.5 cm³/mol. The number of nitrogens with one attached hydrogen (secondary N) is 2. The van der Waals surface area contributed by atoms with Gasteiger partial charge in [-0.05, 0) is 19.1 Å². The van der Waals surface area contributed by atoms with E-state index in [2.05, 4.69) is 5.32 Å². The second kappa shape index (κ2) is 7.73. The maximum Gasteiger partial charge on any atom is 0.344 e. The number of rotatable bonds is 5. The van der Waals surface area contributed by atoms with Gasteiger partial charge >= 0.3 is 12.0 Å². The molecule has 0 bridgehead atoms. The number of hydrogen-bond donors (Lipinski definition) is 3. The summed E-state index contributed by atoms with van der Waals surface area (Å²) in [5, 5.41) is 4.20. The molecule has 0 heterocycles. The maximum absolute atomic E-state index is 11.5. The number of urea groups is 1. The fourth-order valence-electron chi connectivity index (χ4n) is 1.31. The first-order chi connectivity index (χ1) is 9.93. The van der Waals surface area contributed by atoms with Crippen molar-refractivity contribution in [3.8, 4) is 5.75 Å². The fraction of sp³-hybridized carbons (Fsp3) is 0.308. The van der Waals surface area contributed by atoms with E-state index in [9.17, 15) is 14.4 Å².